The highest BCUT2D eigenvalue weighted by molar-refractivity contribution is 5.79. The van der Waals surface area contributed by atoms with Gasteiger partial charge in [-0.3, -0.25) is 9.89 Å². The summed E-state index contributed by atoms with van der Waals surface area (Å²) >= 11 is 0. The average Bonchev–Trinajstić information content (AvgIpc) is 2.57. The Balaban J connectivity index is 2.34. The minimum absolute atomic E-state index is 0.136. The van der Waals surface area contributed by atoms with Crippen LogP contribution in [0.25, 0.3) is 0 Å². The molecule has 6 nitrogen and oxygen atoms in total. The molecule has 0 aromatic carbocycles. The van der Waals surface area contributed by atoms with Crippen LogP contribution in [0.5, 0.6) is 5.88 Å². The molecule has 0 aliphatic rings. The van der Waals surface area contributed by atoms with Crippen LogP contribution in [0.3, 0.4) is 0 Å². The molecule has 0 saturated carbocycles. The van der Waals surface area contributed by atoms with Crippen LogP contribution in [0.2, 0.25) is 0 Å². The maximum Gasteiger partial charge on any atom is 0.213 e. The summed E-state index contributed by atoms with van der Waals surface area (Å²) in [6.07, 6.45) is 3.05. The SMILES string of the molecule is CN=C(NCCCN(C(C)C)C(C)C)NCc1ccc(OC(C)C)nc1. The molecule has 148 valence electrons. The second-order valence-electron chi connectivity index (χ2n) is 7.30. The Kier molecular flexibility index (Phi) is 10.0. The Morgan fingerprint density at radius 1 is 1.12 bits per heavy atom. The standard InChI is InChI=1S/C20H37N5O/c1-15(2)25(16(3)4)12-8-11-22-20(21-7)24-14-18-9-10-19(23-13-18)26-17(5)6/h9-10,13,15-17H,8,11-12,14H2,1-7H3,(H2,21,22,24). The van der Waals surface area contributed by atoms with Gasteiger partial charge in [0.15, 0.2) is 5.96 Å². The van der Waals surface area contributed by atoms with E-state index in [1.807, 2.05) is 32.2 Å². The maximum atomic E-state index is 5.56. The zero-order valence-electron chi connectivity index (χ0n) is 17.5. The van der Waals surface area contributed by atoms with Crippen LogP contribution in [-0.2, 0) is 6.54 Å². The highest BCUT2D eigenvalue weighted by Gasteiger charge is 2.12. The van der Waals surface area contributed by atoms with Gasteiger partial charge in [0.2, 0.25) is 5.88 Å². The van der Waals surface area contributed by atoms with E-state index >= 15 is 0 Å². The minimum Gasteiger partial charge on any atom is -0.475 e. The Morgan fingerprint density at radius 2 is 1.81 bits per heavy atom. The monoisotopic (exact) mass is 363 g/mol. The summed E-state index contributed by atoms with van der Waals surface area (Å²) in [5.74, 6) is 1.47. The lowest BCUT2D eigenvalue weighted by Gasteiger charge is -2.30. The number of guanidine groups is 1. The Morgan fingerprint density at radius 3 is 2.31 bits per heavy atom. The molecule has 0 bridgehead atoms. The van der Waals surface area contributed by atoms with Crippen molar-refractivity contribution in [3.8, 4) is 5.88 Å². The van der Waals surface area contributed by atoms with E-state index in [0.717, 1.165) is 31.0 Å². The molecule has 1 heterocycles. The Hall–Kier alpha value is -1.82. The fraction of sp³-hybridized carbons (Fsp3) is 0.700. The third kappa shape index (κ3) is 8.52. The molecular formula is C20H37N5O. The van der Waals surface area contributed by atoms with Gasteiger partial charge in [-0.15, -0.1) is 0 Å². The van der Waals surface area contributed by atoms with Gasteiger partial charge in [0, 0.05) is 51.0 Å². The van der Waals surface area contributed by atoms with Crippen LogP contribution in [0.4, 0.5) is 0 Å². The van der Waals surface area contributed by atoms with E-state index in [1.54, 1.807) is 7.05 Å². The molecule has 6 heteroatoms. The molecule has 0 fully saturated rings. The fourth-order valence-electron chi connectivity index (χ4n) is 2.81. The van der Waals surface area contributed by atoms with Gasteiger partial charge in [0.05, 0.1) is 6.10 Å². The molecule has 0 aliphatic carbocycles. The molecule has 0 atom stereocenters. The van der Waals surface area contributed by atoms with Crippen molar-refractivity contribution in [3.63, 3.8) is 0 Å². The summed E-state index contributed by atoms with van der Waals surface area (Å²) in [5.41, 5.74) is 1.09. The second kappa shape index (κ2) is 11.7. The largest absolute Gasteiger partial charge is 0.475 e. The minimum atomic E-state index is 0.136. The predicted octanol–water partition coefficient (Wildman–Crippen LogP) is 3.04. The van der Waals surface area contributed by atoms with E-state index in [4.69, 9.17) is 4.74 Å². The van der Waals surface area contributed by atoms with E-state index in [2.05, 4.69) is 53.2 Å². The zero-order chi connectivity index (χ0) is 19.5. The van der Waals surface area contributed by atoms with Gasteiger partial charge in [0.25, 0.3) is 0 Å². The van der Waals surface area contributed by atoms with Crippen molar-refractivity contribution in [3.05, 3.63) is 23.9 Å². The molecule has 0 aliphatic heterocycles. The van der Waals surface area contributed by atoms with Crippen LogP contribution in [-0.4, -0.2) is 54.2 Å². The van der Waals surface area contributed by atoms with E-state index in [-0.39, 0.29) is 6.10 Å². The van der Waals surface area contributed by atoms with Crippen LogP contribution >= 0.6 is 0 Å². The highest BCUT2D eigenvalue weighted by atomic mass is 16.5. The van der Waals surface area contributed by atoms with Crippen molar-refractivity contribution in [2.45, 2.75) is 72.7 Å². The van der Waals surface area contributed by atoms with Crippen molar-refractivity contribution < 1.29 is 4.74 Å². The predicted molar refractivity (Wildman–Crippen MR) is 110 cm³/mol. The molecule has 26 heavy (non-hydrogen) atoms. The summed E-state index contributed by atoms with van der Waals surface area (Å²) in [7, 11) is 1.79. The molecule has 2 N–H and O–H groups in total. The number of hydrogen-bond donors (Lipinski definition) is 2. The van der Waals surface area contributed by atoms with Gasteiger partial charge in [-0.1, -0.05) is 6.07 Å². The van der Waals surface area contributed by atoms with Gasteiger partial charge >= 0.3 is 0 Å². The number of pyridine rings is 1. The molecule has 0 amide bonds. The first-order valence-electron chi connectivity index (χ1n) is 9.65. The fourth-order valence-corrected chi connectivity index (χ4v) is 2.81. The third-order valence-electron chi connectivity index (χ3n) is 4.05. The van der Waals surface area contributed by atoms with Crippen molar-refractivity contribution in [2.24, 2.45) is 4.99 Å². The van der Waals surface area contributed by atoms with E-state index in [1.165, 1.54) is 0 Å². The quantitative estimate of drug-likeness (QED) is 0.380. The van der Waals surface area contributed by atoms with Gasteiger partial charge in [-0.2, -0.15) is 0 Å². The summed E-state index contributed by atoms with van der Waals surface area (Å²) in [6, 6.07) is 5.07. The molecule has 0 unspecified atom stereocenters. The molecule has 1 rings (SSSR count). The van der Waals surface area contributed by atoms with Crippen LogP contribution in [0, 0.1) is 0 Å². The second-order valence-corrected chi connectivity index (χ2v) is 7.30. The Labute approximate surface area is 159 Å². The van der Waals surface area contributed by atoms with Crippen LogP contribution in [0.1, 0.15) is 53.5 Å². The van der Waals surface area contributed by atoms with Crippen molar-refractivity contribution in [2.75, 3.05) is 20.1 Å². The summed E-state index contributed by atoms with van der Waals surface area (Å²) < 4.78 is 5.56. The van der Waals surface area contributed by atoms with E-state index < -0.39 is 0 Å². The maximum absolute atomic E-state index is 5.56. The first-order chi connectivity index (χ1) is 12.3. The molecule has 0 saturated heterocycles. The highest BCUT2D eigenvalue weighted by Crippen LogP contribution is 2.09. The lowest BCUT2D eigenvalue weighted by molar-refractivity contribution is 0.173. The third-order valence-corrected chi connectivity index (χ3v) is 4.05. The van der Waals surface area contributed by atoms with Crippen LogP contribution in [0.15, 0.2) is 23.3 Å². The number of ether oxygens (including phenoxy) is 1. The number of aromatic nitrogens is 1. The first kappa shape index (κ1) is 22.2. The number of nitrogens with zero attached hydrogens (tertiary/aromatic N) is 3. The topological polar surface area (TPSA) is 61.8 Å². The van der Waals surface area contributed by atoms with E-state index in [9.17, 15) is 0 Å². The molecular weight excluding hydrogens is 326 g/mol. The van der Waals surface area contributed by atoms with Gasteiger partial charge in [0.1, 0.15) is 0 Å². The number of hydrogen-bond acceptors (Lipinski definition) is 4. The van der Waals surface area contributed by atoms with Crippen molar-refractivity contribution in [1.82, 2.24) is 20.5 Å². The summed E-state index contributed by atoms with van der Waals surface area (Å²) in [6.45, 7) is 15.6. The van der Waals surface area contributed by atoms with Gasteiger partial charge < -0.3 is 15.4 Å². The number of rotatable bonds is 10. The van der Waals surface area contributed by atoms with Crippen molar-refractivity contribution in [1.29, 1.82) is 0 Å². The van der Waals surface area contributed by atoms with Gasteiger partial charge in [-0.25, -0.2) is 4.98 Å². The normalized spacial score (nSPS) is 12.3. The summed E-state index contributed by atoms with van der Waals surface area (Å²) in [4.78, 5) is 11.1. The Bertz CT molecular complexity index is 518. The average molecular weight is 364 g/mol. The van der Waals surface area contributed by atoms with E-state index in [0.29, 0.717) is 24.5 Å². The first-order valence-corrected chi connectivity index (χ1v) is 9.65. The number of nitrogens with one attached hydrogen (secondary N) is 2. The molecule has 0 radical (unpaired) electrons. The lowest BCUT2D eigenvalue weighted by Crippen LogP contribution is -2.41. The number of aliphatic imine (C=N–C) groups is 1. The zero-order valence-corrected chi connectivity index (χ0v) is 17.5. The van der Waals surface area contributed by atoms with Gasteiger partial charge in [-0.05, 0) is 53.5 Å². The molecule has 1 aromatic heterocycles. The smallest absolute Gasteiger partial charge is 0.213 e. The lowest BCUT2D eigenvalue weighted by atomic mass is 10.2. The molecule has 1 aromatic rings. The summed E-state index contributed by atoms with van der Waals surface area (Å²) in [5, 5.41) is 6.70. The van der Waals surface area contributed by atoms with Crippen LogP contribution < -0.4 is 15.4 Å². The van der Waals surface area contributed by atoms with Crippen molar-refractivity contribution >= 4 is 5.96 Å². The molecule has 0 spiro atoms.